The molecule has 1 aliphatic heterocycles. The van der Waals surface area contributed by atoms with Gasteiger partial charge in [-0.25, -0.2) is 0 Å². The predicted molar refractivity (Wildman–Crippen MR) is 60.9 cm³/mol. The Morgan fingerprint density at radius 2 is 2.19 bits per heavy atom. The molecule has 1 aromatic rings. The molecule has 0 N–H and O–H groups in total. The third-order valence-electron chi connectivity index (χ3n) is 2.75. The summed E-state index contributed by atoms with van der Waals surface area (Å²) in [6.45, 7) is 1.56. The van der Waals surface area contributed by atoms with E-state index in [2.05, 4.69) is 0 Å². The van der Waals surface area contributed by atoms with E-state index in [1.54, 1.807) is 12.1 Å². The van der Waals surface area contributed by atoms with Gasteiger partial charge in [0.1, 0.15) is 12.0 Å². The standard InChI is InChI=1S/C13H16O3/c14-10-11-3-5-13(6-4-11)16-9-7-12-2-1-8-15-12/h3-6,10,12H,1-2,7-9H2. The zero-order valence-corrected chi connectivity index (χ0v) is 9.22. The SMILES string of the molecule is O=Cc1ccc(OCCC2CCCO2)cc1. The summed E-state index contributed by atoms with van der Waals surface area (Å²) in [5.41, 5.74) is 0.673. The van der Waals surface area contributed by atoms with Gasteiger partial charge in [-0.15, -0.1) is 0 Å². The van der Waals surface area contributed by atoms with Gasteiger partial charge < -0.3 is 9.47 Å². The number of benzene rings is 1. The van der Waals surface area contributed by atoms with E-state index in [9.17, 15) is 4.79 Å². The van der Waals surface area contributed by atoms with Crippen molar-refractivity contribution in [3.05, 3.63) is 29.8 Å². The molecule has 1 unspecified atom stereocenters. The first kappa shape index (κ1) is 11.1. The van der Waals surface area contributed by atoms with Crippen molar-refractivity contribution in [1.82, 2.24) is 0 Å². The molecule has 0 bridgehead atoms. The van der Waals surface area contributed by atoms with Gasteiger partial charge in [0.2, 0.25) is 0 Å². The van der Waals surface area contributed by atoms with Crippen molar-refractivity contribution >= 4 is 6.29 Å². The van der Waals surface area contributed by atoms with Gasteiger partial charge in [0.25, 0.3) is 0 Å². The Bertz CT molecular complexity index is 326. The van der Waals surface area contributed by atoms with Crippen LogP contribution in [-0.4, -0.2) is 25.6 Å². The van der Waals surface area contributed by atoms with Crippen molar-refractivity contribution in [2.75, 3.05) is 13.2 Å². The largest absolute Gasteiger partial charge is 0.493 e. The van der Waals surface area contributed by atoms with Gasteiger partial charge in [0, 0.05) is 18.6 Å². The molecule has 3 nitrogen and oxygen atoms in total. The van der Waals surface area contributed by atoms with Crippen LogP contribution < -0.4 is 4.74 Å². The molecular formula is C13H16O3. The predicted octanol–water partition coefficient (Wildman–Crippen LogP) is 2.45. The van der Waals surface area contributed by atoms with Crippen molar-refractivity contribution in [2.45, 2.75) is 25.4 Å². The third-order valence-corrected chi connectivity index (χ3v) is 2.75. The molecule has 1 fully saturated rings. The molecule has 16 heavy (non-hydrogen) atoms. The molecule has 0 aliphatic carbocycles. The summed E-state index contributed by atoms with van der Waals surface area (Å²) in [6.07, 6.45) is 4.45. The smallest absolute Gasteiger partial charge is 0.150 e. The maximum atomic E-state index is 10.4. The van der Waals surface area contributed by atoms with E-state index < -0.39 is 0 Å². The Morgan fingerprint density at radius 1 is 1.38 bits per heavy atom. The Balaban J connectivity index is 1.73. The number of aldehydes is 1. The number of hydrogen-bond acceptors (Lipinski definition) is 3. The fourth-order valence-corrected chi connectivity index (χ4v) is 1.82. The van der Waals surface area contributed by atoms with Gasteiger partial charge in [-0.1, -0.05) is 0 Å². The lowest BCUT2D eigenvalue weighted by molar-refractivity contribution is 0.0903. The van der Waals surface area contributed by atoms with Crippen LogP contribution in [0.25, 0.3) is 0 Å². The minimum atomic E-state index is 0.370. The molecule has 1 heterocycles. The van der Waals surface area contributed by atoms with E-state index in [1.165, 1.54) is 6.42 Å². The van der Waals surface area contributed by atoms with E-state index in [4.69, 9.17) is 9.47 Å². The second-order valence-electron chi connectivity index (χ2n) is 3.96. The van der Waals surface area contributed by atoms with Crippen LogP contribution in [0.15, 0.2) is 24.3 Å². The molecule has 1 aliphatic rings. The van der Waals surface area contributed by atoms with Gasteiger partial charge in [0.15, 0.2) is 0 Å². The topological polar surface area (TPSA) is 35.5 Å². The second-order valence-corrected chi connectivity index (χ2v) is 3.96. The Labute approximate surface area is 95.4 Å². The van der Waals surface area contributed by atoms with E-state index in [1.807, 2.05) is 12.1 Å². The number of rotatable bonds is 5. The van der Waals surface area contributed by atoms with Gasteiger partial charge in [0.05, 0.1) is 12.7 Å². The molecule has 2 rings (SSSR count). The average molecular weight is 220 g/mol. The molecule has 0 radical (unpaired) electrons. The van der Waals surface area contributed by atoms with Crippen LogP contribution in [0.5, 0.6) is 5.75 Å². The van der Waals surface area contributed by atoms with Crippen molar-refractivity contribution in [2.24, 2.45) is 0 Å². The lowest BCUT2D eigenvalue weighted by Gasteiger charge is -2.10. The fourth-order valence-electron chi connectivity index (χ4n) is 1.82. The minimum absolute atomic E-state index is 0.370. The van der Waals surface area contributed by atoms with Crippen molar-refractivity contribution in [3.63, 3.8) is 0 Å². The van der Waals surface area contributed by atoms with Crippen LogP contribution >= 0.6 is 0 Å². The minimum Gasteiger partial charge on any atom is -0.493 e. The molecule has 0 spiro atoms. The zero-order chi connectivity index (χ0) is 11.2. The molecule has 0 aromatic heterocycles. The summed E-state index contributed by atoms with van der Waals surface area (Å²) >= 11 is 0. The quantitative estimate of drug-likeness (QED) is 0.715. The van der Waals surface area contributed by atoms with Crippen LogP contribution in [0, 0.1) is 0 Å². The van der Waals surface area contributed by atoms with Crippen LogP contribution in [0.3, 0.4) is 0 Å². The first-order chi connectivity index (χ1) is 7.88. The molecule has 1 saturated heterocycles. The maximum Gasteiger partial charge on any atom is 0.150 e. The fraction of sp³-hybridized carbons (Fsp3) is 0.462. The highest BCUT2D eigenvalue weighted by Gasteiger charge is 2.14. The Kier molecular flexibility index (Phi) is 3.94. The van der Waals surface area contributed by atoms with E-state index in [0.29, 0.717) is 18.3 Å². The normalized spacial score (nSPS) is 19.6. The number of carbonyl (C=O) groups excluding carboxylic acids is 1. The van der Waals surface area contributed by atoms with Gasteiger partial charge in [-0.2, -0.15) is 0 Å². The number of hydrogen-bond donors (Lipinski definition) is 0. The molecule has 1 aromatic carbocycles. The van der Waals surface area contributed by atoms with Gasteiger partial charge in [-0.05, 0) is 37.1 Å². The summed E-state index contributed by atoms with van der Waals surface area (Å²) in [5.74, 6) is 0.809. The first-order valence-electron chi connectivity index (χ1n) is 5.68. The molecule has 86 valence electrons. The number of ether oxygens (including phenoxy) is 2. The van der Waals surface area contributed by atoms with Crippen LogP contribution in [-0.2, 0) is 4.74 Å². The van der Waals surface area contributed by atoms with E-state index in [-0.39, 0.29) is 0 Å². The Hall–Kier alpha value is -1.35. The van der Waals surface area contributed by atoms with E-state index in [0.717, 1.165) is 31.5 Å². The molecular weight excluding hydrogens is 204 g/mol. The second kappa shape index (κ2) is 5.66. The highest BCUT2D eigenvalue weighted by molar-refractivity contribution is 5.74. The van der Waals surface area contributed by atoms with Crippen LogP contribution in [0.1, 0.15) is 29.6 Å². The summed E-state index contributed by atoms with van der Waals surface area (Å²) in [6, 6.07) is 7.15. The summed E-state index contributed by atoms with van der Waals surface area (Å²) in [5, 5.41) is 0. The molecule has 3 heteroatoms. The highest BCUT2D eigenvalue weighted by Crippen LogP contribution is 2.16. The monoisotopic (exact) mass is 220 g/mol. The van der Waals surface area contributed by atoms with Crippen molar-refractivity contribution < 1.29 is 14.3 Å². The van der Waals surface area contributed by atoms with Crippen molar-refractivity contribution in [3.8, 4) is 5.75 Å². The lowest BCUT2D eigenvalue weighted by atomic mass is 10.2. The summed E-state index contributed by atoms with van der Waals surface area (Å²) in [7, 11) is 0. The average Bonchev–Trinajstić information content (AvgIpc) is 2.83. The first-order valence-corrected chi connectivity index (χ1v) is 5.68. The van der Waals surface area contributed by atoms with Crippen molar-refractivity contribution in [1.29, 1.82) is 0 Å². The molecule has 0 saturated carbocycles. The maximum absolute atomic E-state index is 10.4. The van der Waals surface area contributed by atoms with E-state index >= 15 is 0 Å². The van der Waals surface area contributed by atoms with Crippen LogP contribution in [0.4, 0.5) is 0 Å². The molecule has 0 amide bonds. The molecule has 1 atom stereocenters. The number of carbonyl (C=O) groups is 1. The summed E-state index contributed by atoms with van der Waals surface area (Å²) in [4.78, 5) is 10.4. The zero-order valence-electron chi connectivity index (χ0n) is 9.22. The summed E-state index contributed by atoms with van der Waals surface area (Å²) < 4.78 is 11.1. The third kappa shape index (κ3) is 3.07. The lowest BCUT2D eigenvalue weighted by Crippen LogP contribution is -2.10. The van der Waals surface area contributed by atoms with Gasteiger partial charge >= 0.3 is 0 Å². The van der Waals surface area contributed by atoms with Crippen LogP contribution in [0.2, 0.25) is 0 Å². The van der Waals surface area contributed by atoms with Gasteiger partial charge in [-0.3, -0.25) is 4.79 Å². The highest BCUT2D eigenvalue weighted by atomic mass is 16.5. The Morgan fingerprint density at radius 3 is 2.81 bits per heavy atom.